The molecule has 2 rings (SSSR count). The normalized spacial score (nSPS) is 39.7. The Labute approximate surface area is 84.1 Å². The van der Waals surface area contributed by atoms with Gasteiger partial charge in [-0.05, 0) is 50.4 Å². The Morgan fingerprint density at radius 1 is 1.43 bits per heavy atom. The van der Waals surface area contributed by atoms with Gasteiger partial charge in [0.2, 0.25) is 0 Å². The highest BCUT2D eigenvalue weighted by molar-refractivity contribution is 5.76. The molecule has 0 saturated heterocycles. The van der Waals surface area contributed by atoms with Gasteiger partial charge in [-0.25, -0.2) is 4.79 Å². The molecule has 0 aromatic carbocycles. The molecule has 0 radical (unpaired) electrons. The second-order valence-corrected chi connectivity index (χ2v) is 5.22. The van der Waals surface area contributed by atoms with Crippen molar-refractivity contribution in [3.8, 4) is 0 Å². The smallest absolute Gasteiger partial charge is 0.335 e. The molecule has 2 bridgehead atoms. The summed E-state index contributed by atoms with van der Waals surface area (Å²) in [5, 5.41) is 18.5. The largest absolute Gasteiger partial charge is 0.479 e. The maximum absolute atomic E-state index is 10.8. The van der Waals surface area contributed by atoms with Crippen LogP contribution in [0, 0.1) is 17.8 Å². The first-order valence-corrected chi connectivity index (χ1v) is 5.45. The molecule has 0 spiro atoms. The van der Waals surface area contributed by atoms with Gasteiger partial charge in [0, 0.05) is 0 Å². The third kappa shape index (κ3) is 1.65. The van der Waals surface area contributed by atoms with Crippen LogP contribution in [0.5, 0.6) is 0 Å². The van der Waals surface area contributed by atoms with Crippen LogP contribution >= 0.6 is 0 Å². The highest BCUT2D eigenvalue weighted by Gasteiger charge is 2.44. The van der Waals surface area contributed by atoms with Gasteiger partial charge in [-0.3, -0.25) is 0 Å². The van der Waals surface area contributed by atoms with E-state index in [0.29, 0.717) is 18.3 Å². The van der Waals surface area contributed by atoms with Crippen molar-refractivity contribution >= 4 is 5.97 Å². The molecule has 14 heavy (non-hydrogen) atoms. The fraction of sp³-hybridized carbons (Fsp3) is 0.909. The summed E-state index contributed by atoms with van der Waals surface area (Å²) < 4.78 is 0. The highest BCUT2D eigenvalue weighted by Crippen LogP contribution is 2.50. The van der Waals surface area contributed by atoms with Gasteiger partial charge in [0.05, 0.1) is 0 Å². The van der Waals surface area contributed by atoms with E-state index < -0.39 is 11.6 Å². The van der Waals surface area contributed by atoms with Crippen molar-refractivity contribution in [2.45, 2.75) is 44.6 Å². The van der Waals surface area contributed by atoms with Crippen LogP contribution in [0.4, 0.5) is 0 Å². The van der Waals surface area contributed by atoms with Crippen LogP contribution in [0.15, 0.2) is 0 Å². The number of aliphatic hydroxyl groups is 1. The second kappa shape index (κ2) is 3.23. The molecule has 4 unspecified atom stereocenters. The lowest BCUT2D eigenvalue weighted by atomic mass is 9.81. The third-order valence-corrected chi connectivity index (χ3v) is 4.00. The maximum atomic E-state index is 10.8. The zero-order chi connectivity index (χ0) is 10.3. The van der Waals surface area contributed by atoms with Crippen LogP contribution in [0.2, 0.25) is 0 Å². The molecule has 3 nitrogen and oxygen atoms in total. The first-order valence-electron chi connectivity index (χ1n) is 5.45. The number of hydrogen-bond acceptors (Lipinski definition) is 2. The molecule has 0 heterocycles. The fourth-order valence-electron chi connectivity index (χ4n) is 3.22. The van der Waals surface area contributed by atoms with Gasteiger partial charge in [0.25, 0.3) is 0 Å². The van der Waals surface area contributed by atoms with E-state index in [4.69, 9.17) is 5.11 Å². The summed E-state index contributed by atoms with van der Waals surface area (Å²) in [4.78, 5) is 10.8. The quantitative estimate of drug-likeness (QED) is 0.725. The van der Waals surface area contributed by atoms with Crippen molar-refractivity contribution in [2.75, 3.05) is 0 Å². The molecule has 2 fully saturated rings. The molecular formula is C11H18O3. The summed E-state index contributed by atoms with van der Waals surface area (Å²) in [6, 6.07) is 0. The van der Waals surface area contributed by atoms with Gasteiger partial charge in [-0.2, -0.15) is 0 Å². The molecule has 0 aromatic rings. The Kier molecular flexibility index (Phi) is 2.30. The van der Waals surface area contributed by atoms with E-state index in [0.717, 1.165) is 12.3 Å². The summed E-state index contributed by atoms with van der Waals surface area (Å²) in [7, 11) is 0. The standard InChI is InChI=1S/C11H18O3/c1-11(14,10(12)13)6-9-5-7-2-3-8(9)4-7/h7-9,14H,2-6H2,1H3,(H,12,13). The number of carbonyl (C=O) groups is 1. The van der Waals surface area contributed by atoms with Crippen LogP contribution in [0.25, 0.3) is 0 Å². The molecule has 2 aliphatic rings. The Hall–Kier alpha value is -0.570. The minimum Gasteiger partial charge on any atom is -0.479 e. The van der Waals surface area contributed by atoms with Crippen LogP contribution < -0.4 is 0 Å². The first kappa shape index (κ1) is 9.97. The van der Waals surface area contributed by atoms with Gasteiger partial charge in [-0.1, -0.05) is 6.42 Å². The monoisotopic (exact) mass is 198 g/mol. The molecular weight excluding hydrogens is 180 g/mol. The summed E-state index contributed by atoms with van der Waals surface area (Å²) in [5.74, 6) is 0.862. The lowest BCUT2D eigenvalue weighted by molar-refractivity contribution is -0.158. The Bertz CT molecular complexity index is 247. The lowest BCUT2D eigenvalue weighted by Gasteiger charge is -2.27. The topological polar surface area (TPSA) is 57.5 Å². The minimum absolute atomic E-state index is 0.434. The first-order chi connectivity index (χ1) is 6.49. The number of fused-ring (bicyclic) bond motifs is 2. The van der Waals surface area contributed by atoms with Crippen LogP contribution in [0.3, 0.4) is 0 Å². The summed E-state index contributed by atoms with van der Waals surface area (Å²) >= 11 is 0. The predicted octanol–water partition coefficient (Wildman–Crippen LogP) is 1.65. The van der Waals surface area contributed by atoms with Crippen molar-refractivity contribution in [2.24, 2.45) is 17.8 Å². The van der Waals surface area contributed by atoms with Crippen LogP contribution in [-0.2, 0) is 4.79 Å². The Balaban J connectivity index is 1.95. The molecule has 3 heteroatoms. The summed E-state index contributed by atoms with van der Waals surface area (Å²) in [6.07, 6.45) is 5.39. The number of carboxylic acids is 1. The minimum atomic E-state index is -1.52. The van der Waals surface area contributed by atoms with E-state index in [1.165, 1.54) is 26.2 Å². The number of rotatable bonds is 3. The van der Waals surface area contributed by atoms with Crippen LogP contribution in [0.1, 0.15) is 39.0 Å². The van der Waals surface area contributed by atoms with Crippen molar-refractivity contribution in [1.29, 1.82) is 0 Å². The van der Waals surface area contributed by atoms with Crippen LogP contribution in [-0.4, -0.2) is 21.8 Å². The van der Waals surface area contributed by atoms with E-state index >= 15 is 0 Å². The number of hydrogen-bond donors (Lipinski definition) is 2. The van der Waals surface area contributed by atoms with Crippen molar-refractivity contribution in [1.82, 2.24) is 0 Å². The number of aliphatic carboxylic acids is 1. The summed E-state index contributed by atoms with van der Waals surface area (Å²) in [6.45, 7) is 1.42. The van der Waals surface area contributed by atoms with E-state index in [-0.39, 0.29) is 0 Å². The van der Waals surface area contributed by atoms with Gasteiger partial charge in [0.15, 0.2) is 5.60 Å². The zero-order valence-electron chi connectivity index (χ0n) is 8.57. The average molecular weight is 198 g/mol. The van der Waals surface area contributed by atoms with Gasteiger partial charge in [0.1, 0.15) is 0 Å². The SMILES string of the molecule is CC(O)(CC1CC2CCC1C2)C(=O)O. The van der Waals surface area contributed by atoms with E-state index in [2.05, 4.69) is 0 Å². The molecule has 0 aliphatic heterocycles. The molecule has 2 aliphatic carbocycles. The van der Waals surface area contributed by atoms with Crippen molar-refractivity contribution in [3.05, 3.63) is 0 Å². The Morgan fingerprint density at radius 3 is 2.57 bits per heavy atom. The van der Waals surface area contributed by atoms with E-state index in [1.807, 2.05) is 0 Å². The van der Waals surface area contributed by atoms with Crippen molar-refractivity contribution < 1.29 is 15.0 Å². The molecule has 80 valence electrons. The highest BCUT2D eigenvalue weighted by atomic mass is 16.4. The predicted molar refractivity (Wildman–Crippen MR) is 51.8 cm³/mol. The second-order valence-electron chi connectivity index (χ2n) is 5.22. The lowest BCUT2D eigenvalue weighted by Crippen LogP contribution is -2.38. The summed E-state index contributed by atoms with van der Waals surface area (Å²) in [5.41, 5.74) is -1.52. The Morgan fingerprint density at radius 2 is 2.14 bits per heavy atom. The molecule has 4 atom stereocenters. The van der Waals surface area contributed by atoms with Gasteiger partial charge >= 0.3 is 5.97 Å². The number of carboxylic acid groups (broad SMARTS) is 1. The molecule has 2 N–H and O–H groups in total. The van der Waals surface area contributed by atoms with Gasteiger partial charge < -0.3 is 10.2 Å². The van der Waals surface area contributed by atoms with Crippen molar-refractivity contribution in [3.63, 3.8) is 0 Å². The van der Waals surface area contributed by atoms with Gasteiger partial charge in [-0.15, -0.1) is 0 Å². The van der Waals surface area contributed by atoms with E-state index in [9.17, 15) is 9.90 Å². The fourth-order valence-corrected chi connectivity index (χ4v) is 3.22. The van der Waals surface area contributed by atoms with E-state index in [1.54, 1.807) is 0 Å². The molecule has 0 amide bonds. The maximum Gasteiger partial charge on any atom is 0.335 e. The molecule has 0 aromatic heterocycles. The molecule has 2 saturated carbocycles. The third-order valence-electron chi connectivity index (χ3n) is 4.00. The average Bonchev–Trinajstić information content (AvgIpc) is 2.63. The zero-order valence-corrected chi connectivity index (χ0v) is 8.57.